The van der Waals surface area contributed by atoms with Crippen LogP contribution in [-0.4, -0.2) is 19.0 Å². The lowest BCUT2D eigenvalue weighted by atomic mass is 10.1. The Bertz CT molecular complexity index is 840. The van der Waals surface area contributed by atoms with Gasteiger partial charge in [0.25, 0.3) is 0 Å². The molecule has 0 unspecified atom stereocenters. The number of halogens is 1. The number of esters is 1. The molecule has 116 valence electrons. The largest absolute Gasteiger partial charge is 0.496 e. The summed E-state index contributed by atoms with van der Waals surface area (Å²) in [6.07, 6.45) is 1.69. The van der Waals surface area contributed by atoms with Crippen molar-refractivity contribution < 1.29 is 14.3 Å². The Labute approximate surface area is 142 Å². The van der Waals surface area contributed by atoms with Crippen LogP contribution in [0.2, 0.25) is 0 Å². The first-order valence-corrected chi connectivity index (χ1v) is 7.79. The Hall–Kier alpha value is -2.40. The molecule has 1 aliphatic heterocycles. The maximum absolute atomic E-state index is 12.0. The minimum atomic E-state index is -0.451. The molecule has 0 radical (unpaired) electrons. The van der Waals surface area contributed by atoms with Crippen molar-refractivity contribution in [2.24, 2.45) is 4.99 Å². The summed E-state index contributed by atoms with van der Waals surface area (Å²) >= 11 is 3.42. The molecule has 2 aromatic rings. The average molecular weight is 372 g/mol. The number of carbonyl (C=O) groups excluding carboxylic acids is 1. The highest BCUT2D eigenvalue weighted by atomic mass is 79.9. The van der Waals surface area contributed by atoms with E-state index in [0.29, 0.717) is 5.90 Å². The third-order valence-electron chi connectivity index (χ3n) is 3.36. The molecule has 0 saturated carbocycles. The third kappa shape index (κ3) is 3.35. The van der Waals surface area contributed by atoms with Gasteiger partial charge in [0, 0.05) is 5.56 Å². The van der Waals surface area contributed by atoms with E-state index in [1.54, 1.807) is 13.2 Å². The van der Waals surface area contributed by atoms with Crippen LogP contribution in [0.5, 0.6) is 5.75 Å². The van der Waals surface area contributed by atoms with Crippen LogP contribution in [0.25, 0.3) is 6.08 Å². The number of aryl methyl sites for hydroxylation is 1. The van der Waals surface area contributed by atoms with E-state index >= 15 is 0 Å². The van der Waals surface area contributed by atoms with Crippen molar-refractivity contribution in [3.05, 3.63) is 69.3 Å². The lowest BCUT2D eigenvalue weighted by Crippen LogP contribution is -2.05. The number of methoxy groups -OCH3 is 1. The molecule has 5 heteroatoms. The third-order valence-corrected chi connectivity index (χ3v) is 3.98. The van der Waals surface area contributed by atoms with Gasteiger partial charge >= 0.3 is 5.97 Å². The topological polar surface area (TPSA) is 47.9 Å². The van der Waals surface area contributed by atoms with Gasteiger partial charge in [0.15, 0.2) is 5.70 Å². The van der Waals surface area contributed by atoms with E-state index in [9.17, 15) is 4.79 Å². The van der Waals surface area contributed by atoms with E-state index in [1.807, 2.05) is 49.4 Å². The summed E-state index contributed by atoms with van der Waals surface area (Å²) in [5, 5.41) is 0. The second-order valence-corrected chi connectivity index (χ2v) is 5.95. The first kappa shape index (κ1) is 15.5. The summed E-state index contributed by atoms with van der Waals surface area (Å²) in [7, 11) is 1.60. The molecule has 0 N–H and O–H groups in total. The molecule has 3 rings (SSSR count). The van der Waals surface area contributed by atoms with E-state index in [-0.39, 0.29) is 5.70 Å². The zero-order valence-electron chi connectivity index (χ0n) is 12.7. The van der Waals surface area contributed by atoms with Gasteiger partial charge in [-0.2, -0.15) is 0 Å². The Kier molecular flexibility index (Phi) is 4.30. The molecule has 1 heterocycles. The first-order chi connectivity index (χ1) is 11.1. The van der Waals surface area contributed by atoms with Crippen molar-refractivity contribution in [2.45, 2.75) is 6.92 Å². The molecule has 0 atom stereocenters. The van der Waals surface area contributed by atoms with Crippen molar-refractivity contribution in [2.75, 3.05) is 7.11 Å². The summed E-state index contributed by atoms with van der Waals surface area (Å²) in [6.45, 7) is 1.98. The Morgan fingerprint density at radius 3 is 2.74 bits per heavy atom. The lowest BCUT2D eigenvalue weighted by molar-refractivity contribution is -0.129. The fraction of sp³-hybridized carbons (Fsp3) is 0.111. The van der Waals surface area contributed by atoms with Crippen molar-refractivity contribution in [1.82, 2.24) is 0 Å². The maximum atomic E-state index is 12.0. The highest BCUT2D eigenvalue weighted by Gasteiger charge is 2.24. The number of benzene rings is 2. The van der Waals surface area contributed by atoms with Crippen LogP contribution >= 0.6 is 15.9 Å². The molecule has 23 heavy (non-hydrogen) atoms. The number of hydrogen-bond acceptors (Lipinski definition) is 4. The van der Waals surface area contributed by atoms with Gasteiger partial charge < -0.3 is 9.47 Å². The molecule has 0 fully saturated rings. The van der Waals surface area contributed by atoms with Crippen LogP contribution in [0.3, 0.4) is 0 Å². The fourth-order valence-corrected chi connectivity index (χ4v) is 2.80. The molecule has 0 aliphatic carbocycles. The zero-order valence-corrected chi connectivity index (χ0v) is 14.3. The van der Waals surface area contributed by atoms with Gasteiger partial charge in [0.2, 0.25) is 5.90 Å². The van der Waals surface area contributed by atoms with E-state index < -0.39 is 5.97 Å². The number of nitrogens with zero attached hydrogens (tertiary/aromatic N) is 1. The summed E-state index contributed by atoms with van der Waals surface area (Å²) in [4.78, 5) is 16.3. The number of aliphatic imine (C=N–C) groups is 1. The van der Waals surface area contributed by atoms with Crippen LogP contribution in [0.4, 0.5) is 0 Å². The molecule has 0 bridgehead atoms. The van der Waals surface area contributed by atoms with Crippen molar-refractivity contribution in [3.63, 3.8) is 0 Å². The summed E-state index contributed by atoms with van der Waals surface area (Å²) in [6, 6.07) is 13.2. The van der Waals surface area contributed by atoms with Crippen molar-refractivity contribution in [3.8, 4) is 5.75 Å². The smallest absolute Gasteiger partial charge is 0.363 e. The zero-order chi connectivity index (χ0) is 16.4. The molecule has 4 nitrogen and oxygen atoms in total. The Morgan fingerprint density at radius 2 is 2.04 bits per heavy atom. The van der Waals surface area contributed by atoms with Gasteiger partial charge in [-0.15, -0.1) is 0 Å². The molecule has 0 spiro atoms. The minimum absolute atomic E-state index is 0.276. The normalized spacial score (nSPS) is 15.5. The number of rotatable bonds is 3. The quantitative estimate of drug-likeness (QED) is 0.602. The van der Waals surface area contributed by atoms with Gasteiger partial charge in [-0.25, -0.2) is 9.79 Å². The molecular formula is C18H14BrNO3. The highest BCUT2D eigenvalue weighted by Crippen LogP contribution is 2.27. The standard InChI is InChI=1S/C18H14BrNO3/c1-11-4-3-5-13(8-11)17-20-15(18(21)23-17)10-12-6-7-16(22-2)14(19)9-12/h3-10H,1-2H3/b15-10-. The number of hydrogen-bond donors (Lipinski definition) is 0. The van der Waals surface area contributed by atoms with Crippen molar-refractivity contribution >= 4 is 33.9 Å². The summed E-state index contributed by atoms with van der Waals surface area (Å²) in [5.74, 6) is 0.607. The minimum Gasteiger partial charge on any atom is -0.496 e. The van der Waals surface area contributed by atoms with Crippen LogP contribution < -0.4 is 4.74 Å². The molecule has 1 aliphatic rings. The number of cyclic esters (lactones) is 1. The molecule has 0 aromatic heterocycles. The maximum Gasteiger partial charge on any atom is 0.363 e. The van der Waals surface area contributed by atoms with E-state index in [0.717, 1.165) is 26.9 Å². The second-order valence-electron chi connectivity index (χ2n) is 5.10. The van der Waals surface area contributed by atoms with Gasteiger partial charge in [-0.3, -0.25) is 0 Å². The summed E-state index contributed by atoms with van der Waals surface area (Å²) < 4.78 is 11.3. The van der Waals surface area contributed by atoms with E-state index in [1.165, 1.54) is 0 Å². The van der Waals surface area contributed by atoms with Gasteiger partial charge in [0.05, 0.1) is 11.6 Å². The van der Waals surface area contributed by atoms with Gasteiger partial charge in [-0.05, 0) is 58.8 Å². The molecular weight excluding hydrogens is 358 g/mol. The predicted molar refractivity (Wildman–Crippen MR) is 92.5 cm³/mol. The second kappa shape index (κ2) is 6.38. The number of carbonyl (C=O) groups is 1. The Balaban J connectivity index is 1.93. The summed E-state index contributed by atoms with van der Waals surface area (Å²) in [5.41, 5.74) is 2.98. The van der Waals surface area contributed by atoms with E-state index in [4.69, 9.17) is 9.47 Å². The van der Waals surface area contributed by atoms with Crippen LogP contribution in [0.15, 0.2) is 57.6 Å². The van der Waals surface area contributed by atoms with Crippen LogP contribution in [0.1, 0.15) is 16.7 Å². The molecule has 2 aromatic carbocycles. The van der Waals surface area contributed by atoms with Crippen LogP contribution in [0, 0.1) is 6.92 Å². The molecule has 0 amide bonds. The molecule has 0 saturated heterocycles. The lowest BCUT2D eigenvalue weighted by Gasteiger charge is -2.03. The average Bonchev–Trinajstić information content (AvgIpc) is 2.89. The monoisotopic (exact) mass is 371 g/mol. The predicted octanol–water partition coefficient (Wildman–Crippen LogP) is 4.11. The van der Waals surface area contributed by atoms with Crippen molar-refractivity contribution in [1.29, 1.82) is 0 Å². The SMILES string of the molecule is COc1ccc(/C=C2\N=C(c3cccc(C)c3)OC2=O)cc1Br. The van der Waals surface area contributed by atoms with Gasteiger partial charge in [0.1, 0.15) is 5.75 Å². The number of ether oxygens (including phenoxy) is 2. The van der Waals surface area contributed by atoms with Gasteiger partial charge in [-0.1, -0.05) is 23.8 Å². The Morgan fingerprint density at radius 1 is 1.22 bits per heavy atom. The first-order valence-electron chi connectivity index (χ1n) is 7.00. The van der Waals surface area contributed by atoms with Crippen LogP contribution in [-0.2, 0) is 9.53 Å². The highest BCUT2D eigenvalue weighted by molar-refractivity contribution is 9.10. The van der Waals surface area contributed by atoms with E-state index in [2.05, 4.69) is 20.9 Å². The fourth-order valence-electron chi connectivity index (χ4n) is 2.24.